The molecule has 0 aliphatic rings. The van der Waals surface area contributed by atoms with Crippen molar-refractivity contribution in [1.82, 2.24) is 4.98 Å². The normalized spacial score (nSPS) is 10.5. The smallest absolute Gasteiger partial charge is 0.259 e. The highest BCUT2D eigenvalue weighted by Crippen LogP contribution is 2.20. The molecule has 5 nitrogen and oxygen atoms in total. The third-order valence-corrected chi connectivity index (χ3v) is 3.69. The molecule has 25 heavy (non-hydrogen) atoms. The van der Waals surface area contributed by atoms with E-state index in [4.69, 9.17) is 9.15 Å². The van der Waals surface area contributed by atoms with E-state index in [-0.39, 0.29) is 5.91 Å². The minimum atomic E-state index is -0.143. The first kappa shape index (κ1) is 16.8. The van der Waals surface area contributed by atoms with Crippen molar-refractivity contribution in [3.8, 4) is 5.75 Å². The maximum Gasteiger partial charge on any atom is 0.259 e. The molecule has 0 radical (unpaired) electrons. The molecule has 0 saturated heterocycles. The summed E-state index contributed by atoms with van der Waals surface area (Å²) in [4.78, 5) is 18.9. The standard InChI is InChI=1S/C20H20N2O3/c1-3-24-17-11-8-16(9-12-17)20(23)22(19-6-4-5-13-21-19)14-18-10-7-15(2)25-18/h4-13H,3,14H2,1-2H3. The number of pyridine rings is 1. The van der Waals surface area contributed by atoms with Gasteiger partial charge in [0.15, 0.2) is 0 Å². The van der Waals surface area contributed by atoms with Crippen LogP contribution in [-0.2, 0) is 6.54 Å². The van der Waals surface area contributed by atoms with Crippen LogP contribution in [0.15, 0.2) is 65.2 Å². The lowest BCUT2D eigenvalue weighted by Crippen LogP contribution is -2.31. The van der Waals surface area contributed by atoms with Crippen LogP contribution in [0.2, 0.25) is 0 Å². The molecule has 2 heterocycles. The van der Waals surface area contributed by atoms with E-state index in [1.807, 2.05) is 44.2 Å². The Labute approximate surface area is 146 Å². The molecule has 0 aliphatic heterocycles. The Kier molecular flexibility index (Phi) is 5.14. The summed E-state index contributed by atoms with van der Waals surface area (Å²) in [6.07, 6.45) is 1.67. The number of hydrogen-bond acceptors (Lipinski definition) is 4. The number of anilines is 1. The molecule has 0 spiro atoms. The fourth-order valence-electron chi connectivity index (χ4n) is 2.51. The average Bonchev–Trinajstić information content (AvgIpc) is 3.06. The van der Waals surface area contributed by atoms with Gasteiger partial charge in [-0.15, -0.1) is 0 Å². The zero-order valence-electron chi connectivity index (χ0n) is 14.3. The SMILES string of the molecule is CCOc1ccc(C(=O)N(Cc2ccc(C)o2)c2ccccn2)cc1. The van der Waals surface area contributed by atoms with E-state index >= 15 is 0 Å². The van der Waals surface area contributed by atoms with Crippen molar-refractivity contribution in [1.29, 1.82) is 0 Å². The molecule has 1 aromatic carbocycles. The van der Waals surface area contributed by atoms with E-state index in [0.717, 1.165) is 11.5 Å². The van der Waals surface area contributed by atoms with Crippen LogP contribution in [0, 0.1) is 6.92 Å². The number of carbonyl (C=O) groups excluding carboxylic acids is 1. The van der Waals surface area contributed by atoms with Gasteiger partial charge < -0.3 is 9.15 Å². The van der Waals surface area contributed by atoms with Gasteiger partial charge >= 0.3 is 0 Å². The predicted molar refractivity (Wildman–Crippen MR) is 95.8 cm³/mol. The Bertz CT molecular complexity index is 826. The maximum atomic E-state index is 13.0. The Morgan fingerprint density at radius 3 is 2.52 bits per heavy atom. The summed E-state index contributed by atoms with van der Waals surface area (Å²) in [5.74, 6) is 2.70. The number of aryl methyl sites for hydroxylation is 1. The molecule has 3 rings (SSSR count). The first-order valence-corrected chi connectivity index (χ1v) is 8.18. The number of hydrogen-bond donors (Lipinski definition) is 0. The minimum absolute atomic E-state index is 0.143. The first-order valence-electron chi connectivity index (χ1n) is 8.18. The van der Waals surface area contributed by atoms with E-state index in [1.54, 1.807) is 35.4 Å². The summed E-state index contributed by atoms with van der Waals surface area (Å²) in [5, 5.41) is 0. The Morgan fingerprint density at radius 2 is 1.92 bits per heavy atom. The Balaban J connectivity index is 1.88. The quantitative estimate of drug-likeness (QED) is 0.676. The van der Waals surface area contributed by atoms with Gasteiger partial charge in [-0.2, -0.15) is 0 Å². The van der Waals surface area contributed by atoms with Gasteiger partial charge in [-0.3, -0.25) is 9.69 Å². The number of rotatable bonds is 6. The lowest BCUT2D eigenvalue weighted by atomic mass is 10.2. The number of aromatic nitrogens is 1. The van der Waals surface area contributed by atoms with Crippen LogP contribution in [0.1, 0.15) is 28.8 Å². The summed E-state index contributed by atoms with van der Waals surface area (Å²) in [6.45, 7) is 4.71. The van der Waals surface area contributed by atoms with Crippen LogP contribution < -0.4 is 9.64 Å². The number of benzene rings is 1. The van der Waals surface area contributed by atoms with Gasteiger partial charge in [0.1, 0.15) is 23.1 Å². The summed E-state index contributed by atoms with van der Waals surface area (Å²) in [5.41, 5.74) is 0.567. The van der Waals surface area contributed by atoms with Gasteiger partial charge in [0, 0.05) is 11.8 Å². The second kappa shape index (κ2) is 7.66. The summed E-state index contributed by atoms with van der Waals surface area (Å²) in [6, 6.07) is 16.3. The Morgan fingerprint density at radius 1 is 1.12 bits per heavy atom. The van der Waals surface area contributed by atoms with Crippen molar-refractivity contribution < 1.29 is 13.9 Å². The number of ether oxygens (including phenoxy) is 1. The van der Waals surface area contributed by atoms with E-state index in [1.165, 1.54) is 0 Å². The zero-order chi connectivity index (χ0) is 17.6. The molecule has 0 fully saturated rings. The predicted octanol–water partition coefficient (Wildman–Crippen LogP) is 4.23. The maximum absolute atomic E-state index is 13.0. The van der Waals surface area contributed by atoms with Gasteiger partial charge in [0.25, 0.3) is 5.91 Å². The highest BCUT2D eigenvalue weighted by molar-refractivity contribution is 6.05. The lowest BCUT2D eigenvalue weighted by molar-refractivity contribution is 0.0982. The van der Waals surface area contributed by atoms with E-state index in [2.05, 4.69) is 4.98 Å². The average molecular weight is 336 g/mol. The molecule has 0 atom stereocenters. The zero-order valence-corrected chi connectivity index (χ0v) is 14.3. The summed E-state index contributed by atoms with van der Waals surface area (Å²) in [7, 11) is 0. The third kappa shape index (κ3) is 4.07. The van der Waals surface area contributed by atoms with Crippen LogP contribution >= 0.6 is 0 Å². The molecule has 0 bridgehead atoms. The highest BCUT2D eigenvalue weighted by atomic mass is 16.5. The van der Waals surface area contributed by atoms with E-state index in [0.29, 0.717) is 30.3 Å². The fraction of sp³-hybridized carbons (Fsp3) is 0.200. The third-order valence-electron chi connectivity index (χ3n) is 3.69. The molecule has 3 aromatic rings. The van der Waals surface area contributed by atoms with Gasteiger partial charge in [0.2, 0.25) is 0 Å². The molecule has 128 valence electrons. The van der Waals surface area contributed by atoms with Crippen molar-refractivity contribution in [3.05, 3.63) is 77.9 Å². The molecule has 0 unspecified atom stereocenters. The van der Waals surface area contributed by atoms with Crippen LogP contribution in [0.4, 0.5) is 5.82 Å². The van der Waals surface area contributed by atoms with E-state index < -0.39 is 0 Å². The molecule has 2 aromatic heterocycles. The van der Waals surface area contributed by atoms with Crippen LogP contribution in [0.5, 0.6) is 5.75 Å². The van der Waals surface area contributed by atoms with Crippen molar-refractivity contribution >= 4 is 11.7 Å². The van der Waals surface area contributed by atoms with Crippen LogP contribution in [0.3, 0.4) is 0 Å². The summed E-state index contributed by atoms with van der Waals surface area (Å²) < 4.78 is 11.1. The van der Waals surface area contributed by atoms with E-state index in [9.17, 15) is 4.79 Å². The van der Waals surface area contributed by atoms with Crippen LogP contribution in [-0.4, -0.2) is 17.5 Å². The molecular weight excluding hydrogens is 316 g/mol. The first-order chi connectivity index (χ1) is 12.2. The van der Waals surface area contributed by atoms with Crippen molar-refractivity contribution in [2.45, 2.75) is 20.4 Å². The molecule has 1 amide bonds. The molecule has 0 saturated carbocycles. The second-order valence-corrected chi connectivity index (χ2v) is 5.55. The number of amides is 1. The highest BCUT2D eigenvalue weighted by Gasteiger charge is 2.20. The topological polar surface area (TPSA) is 55.6 Å². The van der Waals surface area contributed by atoms with Gasteiger partial charge in [-0.1, -0.05) is 6.07 Å². The largest absolute Gasteiger partial charge is 0.494 e. The molecule has 0 N–H and O–H groups in total. The van der Waals surface area contributed by atoms with Crippen molar-refractivity contribution in [2.24, 2.45) is 0 Å². The number of carbonyl (C=O) groups is 1. The van der Waals surface area contributed by atoms with Gasteiger partial charge in [-0.25, -0.2) is 4.98 Å². The molecular formula is C20H20N2O3. The van der Waals surface area contributed by atoms with Crippen molar-refractivity contribution in [3.63, 3.8) is 0 Å². The number of furan rings is 1. The monoisotopic (exact) mass is 336 g/mol. The lowest BCUT2D eigenvalue weighted by Gasteiger charge is -2.21. The van der Waals surface area contributed by atoms with Gasteiger partial charge in [0.05, 0.1) is 13.2 Å². The number of nitrogens with zero attached hydrogens (tertiary/aromatic N) is 2. The minimum Gasteiger partial charge on any atom is -0.494 e. The molecule has 0 aliphatic carbocycles. The fourth-order valence-corrected chi connectivity index (χ4v) is 2.51. The van der Waals surface area contributed by atoms with Gasteiger partial charge in [-0.05, 0) is 62.4 Å². The molecule has 5 heteroatoms. The van der Waals surface area contributed by atoms with Crippen LogP contribution in [0.25, 0.3) is 0 Å². The van der Waals surface area contributed by atoms with Crippen molar-refractivity contribution in [2.75, 3.05) is 11.5 Å². The summed E-state index contributed by atoms with van der Waals surface area (Å²) >= 11 is 0. The Hall–Kier alpha value is -3.08. The second-order valence-electron chi connectivity index (χ2n) is 5.55.